The first kappa shape index (κ1) is 28.2. The number of ether oxygens (including phenoxy) is 3. The molecule has 0 aromatic heterocycles. The molecule has 40 heavy (non-hydrogen) atoms. The number of hydrogen-bond donors (Lipinski definition) is 0. The molecule has 1 saturated carbocycles. The summed E-state index contributed by atoms with van der Waals surface area (Å²) >= 11 is 0. The van der Waals surface area contributed by atoms with Crippen molar-refractivity contribution in [1.29, 1.82) is 0 Å². The molecule has 3 aromatic rings. The second kappa shape index (κ2) is 11.6. The third-order valence-electron chi connectivity index (χ3n) is 9.29. The summed E-state index contributed by atoms with van der Waals surface area (Å²) in [5.74, 6) is 1.42. The number of benzene rings is 3. The van der Waals surface area contributed by atoms with Crippen LogP contribution in [0.2, 0.25) is 0 Å². The molecule has 4 nitrogen and oxygen atoms in total. The fourth-order valence-electron chi connectivity index (χ4n) is 7.03. The number of methoxy groups -OCH3 is 2. The molecule has 0 aliphatic heterocycles. The summed E-state index contributed by atoms with van der Waals surface area (Å²) < 4.78 is 32.0. The van der Waals surface area contributed by atoms with Gasteiger partial charge < -0.3 is 14.2 Å². The molecule has 0 amide bonds. The Morgan fingerprint density at radius 1 is 0.975 bits per heavy atom. The van der Waals surface area contributed by atoms with Gasteiger partial charge in [0.25, 0.3) is 0 Å². The average molecular weight is 545 g/mol. The van der Waals surface area contributed by atoms with Crippen molar-refractivity contribution in [3.63, 3.8) is 0 Å². The Labute approximate surface area is 237 Å². The van der Waals surface area contributed by atoms with E-state index in [9.17, 15) is 4.79 Å². The number of halogens is 1. The number of esters is 1. The standard InChI is InChI=1S/C35H41FO4/c1-6-26(34(37)39-5)27-15-11-23-10-12-25(20-29(23)27)40-21-22-9-14-28(31-19-24(38-4)13-16-33(31)36)30(18-22)32-8-7-17-35(32,2)3/h9-10,12-14,16,18-20,26-27,32H,6-8,11,15,17,21H2,1-5H3. The molecule has 0 bridgehead atoms. The topological polar surface area (TPSA) is 44.8 Å². The van der Waals surface area contributed by atoms with Crippen LogP contribution in [0, 0.1) is 17.2 Å². The Morgan fingerprint density at radius 3 is 2.48 bits per heavy atom. The van der Waals surface area contributed by atoms with Gasteiger partial charge in [-0.15, -0.1) is 0 Å². The van der Waals surface area contributed by atoms with Gasteiger partial charge in [0, 0.05) is 5.56 Å². The Balaban J connectivity index is 1.43. The normalized spacial score (nSPS) is 20.1. The highest BCUT2D eigenvalue weighted by molar-refractivity contribution is 5.74. The van der Waals surface area contributed by atoms with Gasteiger partial charge in [0.15, 0.2) is 0 Å². The molecule has 2 aliphatic rings. The van der Waals surface area contributed by atoms with Crippen LogP contribution in [0.4, 0.5) is 4.39 Å². The minimum atomic E-state index is -0.244. The third kappa shape index (κ3) is 5.48. The molecule has 3 atom stereocenters. The summed E-state index contributed by atoms with van der Waals surface area (Å²) in [6, 6.07) is 17.5. The molecule has 2 aliphatic carbocycles. The molecule has 3 aromatic carbocycles. The molecular formula is C35H41FO4. The zero-order valence-electron chi connectivity index (χ0n) is 24.4. The Bertz CT molecular complexity index is 1380. The summed E-state index contributed by atoms with van der Waals surface area (Å²) in [5, 5.41) is 0. The van der Waals surface area contributed by atoms with E-state index in [-0.39, 0.29) is 29.0 Å². The van der Waals surface area contributed by atoms with E-state index in [0.29, 0.717) is 23.8 Å². The summed E-state index contributed by atoms with van der Waals surface area (Å²) in [5.41, 5.74) is 6.35. The molecule has 3 unspecified atom stereocenters. The first-order valence-electron chi connectivity index (χ1n) is 14.6. The van der Waals surface area contributed by atoms with Gasteiger partial charge in [-0.1, -0.05) is 51.5 Å². The maximum absolute atomic E-state index is 15.1. The summed E-state index contributed by atoms with van der Waals surface area (Å²) in [4.78, 5) is 12.4. The van der Waals surface area contributed by atoms with Gasteiger partial charge in [-0.2, -0.15) is 0 Å². The second-order valence-corrected chi connectivity index (χ2v) is 12.0. The van der Waals surface area contributed by atoms with E-state index in [2.05, 4.69) is 32.0 Å². The Kier molecular flexibility index (Phi) is 8.21. The van der Waals surface area contributed by atoms with Crippen molar-refractivity contribution in [2.24, 2.45) is 11.3 Å². The van der Waals surface area contributed by atoms with E-state index in [1.807, 2.05) is 25.1 Å². The average Bonchev–Trinajstić information content (AvgIpc) is 3.54. The fraction of sp³-hybridized carbons (Fsp3) is 0.457. The number of aryl methyl sites for hydroxylation is 1. The van der Waals surface area contributed by atoms with E-state index in [1.165, 1.54) is 36.3 Å². The molecule has 212 valence electrons. The molecule has 0 spiro atoms. The SMILES string of the molecule is CCC(C(=O)OC)C1CCc2ccc(OCc3ccc(-c4cc(OC)ccc4F)c(C4CCCC4(C)C)c3)cc21. The Morgan fingerprint density at radius 2 is 1.77 bits per heavy atom. The Hall–Kier alpha value is -3.34. The van der Waals surface area contributed by atoms with Crippen LogP contribution >= 0.6 is 0 Å². The quantitative estimate of drug-likeness (QED) is 0.253. The first-order chi connectivity index (χ1) is 19.2. The predicted octanol–water partition coefficient (Wildman–Crippen LogP) is 8.60. The van der Waals surface area contributed by atoms with Crippen LogP contribution in [0.3, 0.4) is 0 Å². The largest absolute Gasteiger partial charge is 0.497 e. The zero-order chi connectivity index (χ0) is 28.4. The van der Waals surface area contributed by atoms with E-state index >= 15 is 4.39 Å². The summed E-state index contributed by atoms with van der Waals surface area (Å²) in [6.45, 7) is 7.10. The lowest BCUT2D eigenvalue weighted by Gasteiger charge is -2.30. The number of hydrogen-bond acceptors (Lipinski definition) is 4. The van der Waals surface area contributed by atoms with E-state index < -0.39 is 0 Å². The van der Waals surface area contributed by atoms with Crippen molar-refractivity contribution in [3.8, 4) is 22.6 Å². The van der Waals surface area contributed by atoms with Crippen molar-refractivity contribution in [2.45, 2.75) is 77.7 Å². The second-order valence-electron chi connectivity index (χ2n) is 12.0. The van der Waals surface area contributed by atoms with Crippen molar-refractivity contribution in [3.05, 3.63) is 82.7 Å². The molecule has 0 heterocycles. The van der Waals surface area contributed by atoms with Crippen molar-refractivity contribution in [1.82, 2.24) is 0 Å². The van der Waals surface area contributed by atoms with Crippen molar-refractivity contribution >= 4 is 5.97 Å². The number of fused-ring (bicyclic) bond motifs is 1. The van der Waals surface area contributed by atoms with Crippen LogP contribution < -0.4 is 9.47 Å². The number of carbonyl (C=O) groups excluding carboxylic acids is 1. The van der Waals surface area contributed by atoms with Gasteiger partial charge in [0.1, 0.15) is 23.9 Å². The van der Waals surface area contributed by atoms with Gasteiger partial charge in [0.05, 0.1) is 20.1 Å². The highest BCUT2D eigenvalue weighted by atomic mass is 19.1. The van der Waals surface area contributed by atoms with Crippen LogP contribution in [0.25, 0.3) is 11.1 Å². The maximum atomic E-state index is 15.1. The van der Waals surface area contributed by atoms with Crippen LogP contribution in [0.15, 0.2) is 54.6 Å². The lowest BCUT2D eigenvalue weighted by molar-refractivity contribution is -0.146. The van der Waals surface area contributed by atoms with E-state index in [4.69, 9.17) is 14.2 Å². The van der Waals surface area contributed by atoms with Crippen molar-refractivity contribution < 1.29 is 23.4 Å². The minimum absolute atomic E-state index is 0.133. The monoisotopic (exact) mass is 544 g/mol. The third-order valence-corrected chi connectivity index (χ3v) is 9.29. The maximum Gasteiger partial charge on any atom is 0.309 e. The minimum Gasteiger partial charge on any atom is -0.497 e. The van der Waals surface area contributed by atoms with E-state index in [1.54, 1.807) is 19.2 Å². The molecule has 5 rings (SSSR count). The molecule has 5 heteroatoms. The molecule has 0 radical (unpaired) electrons. The first-order valence-corrected chi connectivity index (χ1v) is 14.6. The van der Waals surface area contributed by atoms with Gasteiger partial charge in [-0.3, -0.25) is 4.79 Å². The highest BCUT2D eigenvalue weighted by Crippen LogP contribution is 2.51. The van der Waals surface area contributed by atoms with Gasteiger partial charge in [0.2, 0.25) is 0 Å². The van der Waals surface area contributed by atoms with Crippen LogP contribution in [0.5, 0.6) is 11.5 Å². The van der Waals surface area contributed by atoms with Gasteiger partial charge >= 0.3 is 5.97 Å². The van der Waals surface area contributed by atoms with Crippen molar-refractivity contribution in [2.75, 3.05) is 14.2 Å². The summed E-state index contributed by atoms with van der Waals surface area (Å²) in [7, 11) is 3.08. The molecular weight excluding hydrogens is 503 g/mol. The predicted molar refractivity (Wildman–Crippen MR) is 156 cm³/mol. The number of carbonyl (C=O) groups is 1. The molecule has 0 saturated heterocycles. The van der Waals surface area contributed by atoms with Crippen LogP contribution in [-0.2, 0) is 22.6 Å². The number of rotatable bonds is 9. The lowest BCUT2D eigenvalue weighted by Crippen LogP contribution is -2.21. The van der Waals surface area contributed by atoms with Crippen LogP contribution in [-0.4, -0.2) is 20.2 Å². The van der Waals surface area contributed by atoms with E-state index in [0.717, 1.165) is 49.0 Å². The zero-order valence-corrected chi connectivity index (χ0v) is 24.4. The molecule has 0 N–H and O–H groups in total. The highest BCUT2D eigenvalue weighted by Gasteiger charge is 2.37. The van der Waals surface area contributed by atoms with Crippen LogP contribution in [0.1, 0.15) is 87.0 Å². The van der Waals surface area contributed by atoms with Gasteiger partial charge in [-0.25, -0.2) is 4.39 Å². The fourth-order valence-corrected chi connectivity index (χ4v) is 7.03. The lowest BCUT2D eigenvalue weighted by atomic mass is 9.75. The smallest absolute Gasteiger partial charge is 0.309 e. The summed E-state index contributed by atoms with van der Waals surface area (Å²) in [6.07, 6.45) is 6.08. The van der Waals surface area contributed by atoms with Gasteiger partial charge in [-0.05, 0) is 108 Å². The molecule has 1 fully saturated rings.